The zero-order valence-electron chi connectivity index (χ0n) is 10.5. The quantitative estimate of drug-likeness (QED) is 0.776. The molecule has 0 bridgehead atoms. The van der Waals surface area contributed by atoms with E-state index in [9.17, 15) is 9.36 Å². The van der Waals surface area contributed by atoms with Crippen molar-refractivity contribution < 1.29 is 18.4 Å². The van der Waals surface area contributed by atoms with Gasteiger partial charge in [0.15, 0.2) is 0 Å². The van der Waals surface area contributed by atoms with Crippen molar-refractivity contribution in [2.75, 3.05) is 6.61 Å². The monoisotopic (exact) mass is 256 g/mol. The Kier molecular flexibility index (Phi) is 4.91. The van der Waals surface area contributed by atoms with Crippen LogP contribution in [0, 0.1) is 20.8 Å². The maximum Gasteiger partial charge on any atom is 0.370 e. The van der Waals surface area contributed by atoms with Gasteiger partial charge in [-0.25, -0.2) is 9.36 Å². The van der Waals surface area contributed by atoms with Crippen molar-refractivity contribution in [3.63, 3.8) is 0 Å². The van der Waals surface area contributed by atoms with Crippen LogP contribution in [0.15, 0.2) is 12.1 Å². The topological polar surface area (TPSA) is 52.6 Å². The van der Waals surface area contributed by atoms with Gasteiger partial charge < -0.3 is 9.05 Å². The molecule has 0 N–H and O–H groups in total. The number of benzene rings is 1. The highest BCUT2D eigenvalue weighted by Crippen LogP contribution is 2.27. The number of rotatable bonds is 4. The first kappa shape index (κ1) is 13.9. The number of hydrogen-bond acceptors (Lipinski definition) is 4. The van der Waals surface area contributed by atoms with Gasteiger partial charge in [0.05, 0.1) is 12.2 Å². The second kappa shape index (κ2) is 5.99. The van der Waals surface area contributed by atoms with Gasteiger partial charge in [-0.05, 0) is 38.8 Å². The number of carbonyl (C=O) groups excluding carboxylic acids is 1. The minimum atomic E-state index is -2.73. The van der Waals surface area contributed by atoms with E-state index in [1.807, 2.05) is 32.9 Å². The van der Waals surface area contributed by atoms with Crippen molar-refractivity contribution in [3.05, 3.63) is 34.4 Å². The smallest absolute Gasteiger partial charge is 0.370 e. The molecule has 1 atom stereocenters. The van der Waals surface area contributed by atoms with Crippen LogP contribution in [0.4, 0.5) is 0 Å². The standard InChI is InChI=1S/C12H17O4P/c1-5-15-17(14)16-12(13)11-9(3)6-8(2)7-10(11)4/h6-7,17H,5H2,1-4H3. The maximum atomic E-state index is 11.8. The first-order chi connectivity index (χ1) is 7.95. The van der Waals surface area contributed by atoms with Crippen LogP contribution in [0.5, 0.6) is 0 Å². The Balaban J connectivity index is 2.93. The molecular weight excluding hydrogens is 239 g/mol. The van der Waals surface area contributed by atoms with Crippen LogP contribution in [0.2, 0.25) is 0 Å². The van der Waals surface area contributed by atoms with E-state index >= 15 is 0 Å². The van der Waals surface area contributed by atoms with Crippen molar-refractivity contribution in [1.29, 1.82) is 0 Å². The molecule has 0 aliphatic rings. The van der Waals surface area contributed by atoms with Crippen LogP contribution in [0.25, 0.3) is 0 Å². The second-order valence-electron chi connectivity index (χ2n) is 3.85. The normalized spacial score (nSPS) is 12.2. The van der Waals surface area contributed by atoms with Crippen molar-refractivity contribution in [2.24, 2.45) is 0 Å². The summed E-state index contributed by atoms with van der Waals surface area (Å²) in [5.41, 5.74) is 3.18. The van der Waals surface area contributed by atoms with E-state index in [0.717, 1.165) is 16.7 Å². The summed E-state index contributed by atoms with van der Waals surface area (Å²) in [6.45, 7) is 7.57. The predicted molar refractivity (Wildman–Crippen MR) is 66.7 cm³/mol. The highest BCUT2D eigenvalue weighted by molar-refractivity contribution is 7.34. The molecule has 4 nitrogen and oxygen atoms in total. The predicted octanol–water partition coefficient (Wildman–Crippen LogP) is 3.19. The van der Waals surface area contributed by atoms with Gasteiger partial charge in [0, 0.05) is 0 Å². The molecule has 0 amide bonds. The minimum Gasteiger partial charge on any atom is -0.390 e. The van der Waals surface area contributed by atoms with E-state index in [4.69, 9.17) is 9.05 Å². The molecule has 1 aromatic carbocycles. The molecule has 5 heteroatoms. The molecule has 0 spiro atoms. The summed E-state index contributed by atoms with van der Waals surface area (Å²) in [7, 11) is -2.73. The van der Waals surface area contributed by atoms with E-state index in [1.54, 1.807) is 6.92 Å². The fraction of sp³-hybridized carbons (Fsp3) is 0.417. The van der Waals surface area contributed by atoms with Crippen LogP contribution in [0.1, 0.15) is 34.0 Å². The number of hydrogen-bond donors (Lipinski definition) is 0. The third kappa shape index (κ3) is 3.69. The fourth-order valence-electron chi connectivity index (χ4n) is 1.78. The van der Waals surface area contributed by atoms with Crippen molar-refractivity contribution in [3.8, 4) is 0 Å². The van der Waals surface area contributed by atoms with Crippen molar-refractivity contribution in [1.82, 2.24) is 0 Å². The van der Waals surface area contributed by atoms with E-state index in [-0.39, 0.29) is 6.61 Å². The van der Waals surface area contributed by atoms with Crippen LogP contribution in [-0.4, -0.2) is 12.6 Å². The number of carbonyl (C=O) groups is 1. The average molecular weight is 256 g/mol. The molecule has 1 unspecified atom stereocenters. The molecule has 1 aromatic rings. The Labute approximate surface area is 102 Å². The van der Waals surface area contributed by atoms with Gasteiger partial charge in [-0.2, -0.15) is 0 Å². The van der Waals surface area contributed by atoms with E-state index < -0.39 is 14.2 Å². The van der Waals surface area contributed by atoms with Gasteiger partial charge in [-0.15, -0.1) is 0 Å². The van der Waals surface area contributed by atoms with Crippen LogP contribution in [0.3, 0.4) is 0 Å². The molecule has 1 rings (SSSR count). The molecular formula is C12H17O4P. The Morgan fingerprint density at radius 2 is 1.76 bits per heavy atom. The zero-order valence-corrected chi connectivity index (χ0v) is 11.5. The molecule has 0 aliphatic carbocycles. The Bertz CT molecular complexity index is 431. The third-order valence-corrected chi connectivity index (χ3v) is 3.20. The summed E-state index contributed by atoms with van der Waals surface area (Å²) in [6.07, 6.45) is 0. The van der Waals surface area contributed by atoms with Gasteiger partial charge in [0.1, 0.15) is 0 Å². The first-order valence-corrected chi connectivity index (χ1v) is 6.65. The van der Waals surface area contributed by atoms with E-state index in [2.05, 4.69) is 0 Å². The molecule has 17 heavy (non-hydrogen) atoms. The SMILES string of the molecule is CCO[PH](=O)OC(=O)c1c(C)cc(C)cc1C. The molecule has 0 heterocycles. The van der Waals surface area contributed by atoms with Gasteiger partial charge in [-0.3, -0.25) is 0 Å². The highest BCUT2D eigenvalue weighted by Gasteiger charge is 2.16. The average Bonchev–Trinajstić information content (AvgIpc) is 2.15. The fourth-order valence-corrected chi connectivity index (χ4v) is 2.32. The Morgan fingerprint density at radius 3 is 2.24 bits per heavy atom. The lowest BCUT2D eigenvalue weighted by atomic mass is 10.0. The highest BCUT2D eigenvalue weighted by atomic mass is 31.1. The molecule has 0 saturated heterocycles. The third-order valence-electron chi connectivity index (χ3n) is 2.32. The molecule has 0 aliphatic heterocycles. The summed E-state index contributed by atoms with van der Waals surface area (Å²) >= 11 is 0. The summed E-state index contributed by atoms with van der Waals surface area (Å²) in [5.74, 6) is -0.586. The largest absolute Gasteiger partial charge is 0.390 e. The van der Waals surface area contributed by atoms with Crippen LogP contribution >= 0.6 is 8.25 Å². The maximum absolute atomic E-state index is 11.8. The summed E-state index contributed by atoms with van der Waals surface area (Å²) < 4.78 is 20.7. The molecule has 0 aromatic heterocycles. The number of aryl methyl sites for hydroxylation is 3. The summed E-state index contributed by atoms with van der Waals surface area (Å²) in [4.78, 5) is 11.8. The van der Waals surface area contributed by atoms with Crippen molar-refractivity contribution >= 4 is 14.2 Å². The molecule has 0 radical (unpaired) electrons. The lowest BCUT2D eigenvalue weighted by Gasteiger charge is -2.10. The van der Waals surface area contributed by atoms with Gasteiger partial charge in [0.25, 0.3) is 0 Å². The van der Waals surface area contributed by atoms with Crippen LogP contribution in [-0.2, 0) is 13.6 Å². The van der Waals surface area contributed by atoms with E-state index in [0.29, 0.717) is 5.56 Å². The summed E-state index contributed by atoms with van der Waals surface area (Å²) in [5, 5.41) is 0. The Hall–Kier alpha value is -1.12. The van der Waals surface area contributed by atoms with Gasteiger partial charge in [-0.1, -0.05) is 17.7 Å². The van der Waals surface area contributed by atoms with Crippen LogP contribution < -0.4 is 0 Å². The lowest BCUT2D eigenvalue weighted by Crippen LogP contribution is -2.06. The lowest BCUT2D eigenvalue weighted by molar-refractivity contribution is 0.0716. The summed E-state index contributed by atoms with van der Waals surface area (Å²) in [6, 6.07) is 3.78. The molecule has 0 fully saturated rings. The van der Waals surface area contributed by atoms with Crippen molar-refractivity contribution in [2.45, 2.75) is 27.7 Å². The Morgan fingerprint density at radius 1 is 1.24 bits per heavy atom. The van der Waals surface area contributed by atoms with Gasteiger partial charge >= 0.3 is 14.2 Å². The second-order valence-corrected chi connectivity index (χ2v) is 4.84. The van der Waals surface area contributed by atoms with E-state index in [1.165, 1.54) is 0 Å². The van der Waals surface area contributed by atoms with Gasteiger partial charge in [0.2, 0.25) is 0 Å². The minimum absolute atomic E-state index is 0.261. The molecule has 94 valence electrons. The molecule has 0 saturated carbocycles. The zero-order chi connectivity index (χ0) is 13.0. The first-order valence-electron chi connectivity index (χ1n) is 5.42.